The third-order valence-electron chi connectivity index (χ3n) is 2.00. The van der Waals surface area contributed by atoms with Crippen LogP contribution in [0, 0.1) is 6.92 Å². The molecular formula is C9H15BrN2S. The molecule has 2 nitrogen and oxygen atoms in total. The first-order valence-electron chi connectivity index (χ1n) is 4.41. The molecular weight excluding hydrogens is 248 g/mol. The van der Waals surface area contributed by atoms with Crippen LogP contribution in [0.5, 0.6) is 0 Å². The second-order valence-corrected chi connectivity index (χ2v) is 5.52. The molecule has 0 aromatic carbocycles. The molecule has 1 aromatic heterocycles. The number of halogens is 1. The smallest absolute Gasteiger partial charge is 0.0731 e. The summed E-state index contributed by atoms with van der Waals surface area (Å²) in [7, 11) is 0. The van der Waals surface area contributed by atoms with Crippen molar-refractivity contribution < 1.29 is 0 Å². The van der Waals surface area contributed by atoms with E-state index in [0.29, 0.717) is 6.04 Å². The quantitative estimate of drug-likeness (QED) is 0.647. The maximum Gasteiger partial charge on any atom is 0.0731 e. The van der Waals surface area contributed by atoms with Gasteiger partial charge in [0.1, 0.15) is 0 Å². The van der Waals surface area contributed by atoms with E-state index in [2.05, 4.69) is 41.3 Å². The Morgan fingerprint density at radius 3 is 2.77 bits per heavy atom. The third-order valence-corrected chi connectivity index (χ3v) is 4.25. The van der Waals surface area contributed by atoms with Gasteiger partial charge in [0, 0.05) is 4.88 Å². The van der Waals surface area contributed by atoms with Gasteiger partial charge < -0.3 is 0 Å². The highest BCUT2D eigenvalue weighted by atomic mass is 79.9. The lowest BCUT2D eigenvalue weighted by atomic mass is 10.1. The van der Waals surface area contributed by atoms with Crippen LogP contribution in [0.25, 0.3) is 0 Å². The fourth-order valence-electron chi connectivity index (χ4n) is 1.25. The summed E-state index contributed by atoms with van der Waals surface area (Å²) in [5.41, 5.74) is 4.14. The van der Waals surface area contributed by atoms with Crippen molar-refractivity contribution in [2.75, 3.05) is 0 Å². The van der Waals surface area contributed by atoms with E-state index in [4.69, 9.17) is 5.84 Å². The highest BCUT2D eigenvalue weighted by Gasteiger charge is 2.12. The predicted molar refractivity (Wildman–Crippen MR) is 61.7 cm³/mol. The summed E-state index contributed by atoms with van der Waals surface area (Å²) in [6.07, 6.45) is 2.23. The molecule has 0 aliphatic heterocycles. The van der Waals surface area contributed by atoms with Crippen LogP contribution in [0.1, 0.15) is 36.2 Å². The average Bonchev–Trinajstić information content (AvgIpc) is 2.43. The Labute approximate surface area is 91.6 Å². The highest BCUT2D eigenvalue weighted by Crippen LogP contribution is 2.32. The number of thiophene rings is 1. The summed E-state index contributed by atoms with van der Waals surface area (Å²) in [6, 6.07) is 2.49. The Hall–Kier alpha value is 0.1000. The SMILES string of the molecule is CCCC(NN)c1cc(C)c(Br)s1. The van der Waals surface area contributed by atoms with E-state index in [0.717, 1.165) is 12.8 Å². The molecule has 0 bridgehead atoms. The topological polar surface area (TPSA) is 38.0 Å². The van der Waals surface area contributed by atoms with Crippen molar-refractivity contribution in [2.24, 2.45) is 5.84 Å². The van der Waals surface area contributed by atoms with Crippen LogP contribution in [-0.2, 0) is 0 Å². The molecule has 13 heavy (non-hydrogen) atoms. The first-order valence-corrected chi connectivity index (χ1v) is 6.02. The summed E-state index contributed by atoms with van der Waals surface area (Å²) >= 11 is 5.28. The summed E-state index contributed by atoms with van der Waals surface area (Å²) < 4.78 is 1.21. The summed E-state index contributed by atoms with van der Waals surface area (Å²) in [4.78, 5) is 1.31. The molecule has 0 radical (unpaired) electrons. The zero-order valence-corrected chi connectivity index (χ0v) is 10.3. The van der Waals surface area contributed by atoms with E-state index in [1.165, 1.54) is 14.2 Å². The third kappa shape index (κ3) is 2.77. The minimum atomic E-state index is 0.306. The fraction of sp³-hybridized carbons (Fsp3) is 0.556. The lowest BCUT2D eigenvalue weighted by Gasteiger charge is -2.11. The maximum absolute atomic E-state index is 5.49. The summed E-state index contributed by atoms with van der Waals surface area (Å²) in [5.74, 6) is 5.49. The van der Waals surface area contributed by atoms with Crippen LogP contribution in [0.15, 0.2) is 9.85 Å². The minimum Gasteiger partial charge on any atom is -0.271 e. The van der Waals surface area contributed by atoms with E-state index >= 15 is 0 Å². The van der Waals surface area contributed by atoms with Gasteiger partial charge in [-0.15, -0.1) is 11.3 Å². The number of aryl methyl sites for hydroxylation is 1. The Kier molecular flexibility index (Phi) is 4.38. The molecule has 0 amide bonds. The van der Waals surface area contributed by atoms with Crippen molar-refractivity contribution in [3.8, 4) is 0 Å². The second kappa shape index (κ2) is 5.10. The van der Waals surface area contributed by atoms with Gasteiger partial charge in [-0.2, -0.15) is 0 Å². The first kappa shape index (κ1) is 11.2. The van der Waals surface area contributed by atoms with Crippen LogP contribution in [0.4, 0.5) is 0 Å². The van der Waals surface area contributed by atoms with Crippen molar-refractivity contribution in [3.63, 3.8) is 0 Å². The van der Waals surface area contributed by atoms with E-state index in [9.17, 15) is 0 Å². The number of hydrogen-bond donors (Lipinski definition) is 2. The number of hydrogen-bond acceptors (Lipinski definition) is 3. The molecule has 0 saturated carbocycles. The molecule has 0 spiro atoms. The molecule has 0 fully saturated rings. The molecule has 0 saturated heterocycles. The fourth-order valence-corrected chi connectivity index (χ4v) is 2.92. The van der Waals surface area contributed by atoms with E-state index in [-0.39, 0.29) is 0 Å². The first-order chi connectivity index (χ1) is 6.19. The van der Waals surface area contributed by atoms with Gasteiger partial charge in [-0.25, -0.2) is 0 Å². The van der Waals surface area contributed by atoms with Crippen LogP contribution in [-0.4, -0.2) is 0 Å². The van der Waals surface area contributed by atoms with Gasteiger partial charge in [0.25, 0.3) is 0 Å². The number of nitrogens with two attached hydrogens (primary N) is 1. The largest absolute Gasteiger partial charge is 0.271 e. The van der Waals surface area contributed by atoms with Crippen molar-refractivity contribution in [1.29, 1.82) is 0 Å². The predicted octanol–water partition coefficient (Wildman–Crippen LogP) is 3.12. The Balaban J connectivity index is 2.78. The van der Waals surface area contributed by atoms with Gasteiger partial charge in [-0.05, 0) is 40.9 Å². The average molecular weight is 263 g/mol. The standard InChI is InChI=1S/C9H15BrN2S/c1-3-4-7(12-11)8-5-6(2)9(10)13-8/h5,7,12H,3-4,11H2,1-2H3. The van der Waals surface area contributed by atoms with Crippen molar-refractivity contribution >= 4 is 27.3 Å². The molecule has 1 rings (SSSR count). The zero-order chi connectivity index (χ0) is 9.84. The highest BCUT2D eigenvalue weighted by molar-refractivity contribution is 9.11. The van der Waals surface area contributed by atoms with Crippen molar-refractivity contribution in [2.45, 2.75) is 32.7 Å². The number of rotatable bonds is 4. The molecule has 74 valence electrons. The van der Waals surface area contributed by atoms with Gasteiger partial charge in [-0.1, -0.05) is 13.3 Å². The van der Waals surface area contributed by atoms with Crippen LogP contribution in [0.3, 0.4) is 0 Å². The monoisotopic (exact) mass is 262 g/mol. The van der Waals surface area contributed by atoms with Gasteiger partial charge in [0.05, 0.1) is 9.83 Å². The number of nitrogens with one attached hydrogen (secondary N) is 1. The normalized spacial score (nSPS) is 13.2. The van der Waals surface area contributed by atoms with E-state index in [1.807, 2.05) is 0 Å². The Bertz CT molecular complexity index is 253. The molecule has 1 unspecified atom stereocenters. The van der Waals surface area contributed by atoms with Crippen LogP contribution in [0.2, 0.25) is 0 Å². The van der Waals surface area contributed by atoms with E-state index in [1.54, 1.807) is 11.3 Å². The van der Waals surface area contributed by atoms with Gasteiger partial charge in [0.15, 0.2) is 0 Å². The molecule has 4 heteroatoms. The molecule has 3 N–H and O–H groups in total. The maximum atomic E-state index is 5.49. The molecule has 1 heterocycles. The van der Waals surface area contributed by atoms with Gasteiger partial charge in [-0.3, -0.25) is 11.3 Å². The Morgan fingerprint density at radius 1 is 1.69 bits per heavy atom. The summed E-state index contributed by atoms with van der Waals surface area (Å²) in [5, 5.41) is 0. The minimum absolute atomic E-state index is 0.306. The number of hydrazine groups is 1. The molecule has 0 aliphatic carbocycles. The van der Waals surface area contributed by atoms with E-state index < -0.39 is 0 Å². The van der Waals surface area contributed by atoms with Crippen LogP contribution >= 0.6 is 27.3 Å². The molecule has 1 aromatic rings. The van der Waals surface area contributed by atoms with Crippen molar-refractivity contribution in [3.05, 3.63) is 20.3 Å². The summed E-state index contributed by atoms with van der Waals surface area (Å²) in [6.45, 7) is 4.27. The zero-order valence-electron chi connectivity index (χ0n) is 7.93. The van der Waals surface area contributed by atoms with Crippen molar-refractivity contribution in [1.82, 2.24) is 5.43 Å². The molecule has 1 atom stereocenters. The Morgan fingerprint density at radius 2 is 2.38 bits per heavy atom. The van der Waals surface area contributed by atoms with Gasteiger partial charge >= 0.3 is 0 Å². The van der Waals surface area contributed by atoms with Gasteiger partial charge in [0.2, 0.25) is 0 Å². The molecule has 0 aliphatic rings. The lowest BCUT2D eigenvalue weighted by molar-refractivity contribution is 0.517. The lowest BCUT2D eigenvalue weighted by Crippen LogP contribution is -2.27. The second-order valence-electron chi connectivity index (χ2n) is 3.11. The van der Waals surface area contributed by atoms with Crippen LogP contribution < -0.4 is 11.3 Å².